The van der Waals surface area contributed by atoms with E-state index in [-0.39, 0.29) is 5.91 Å². The molecule has 5 heteroatoms. The monoisotopic (exact) mass is 344 g/mol. The normalized spacial score (nSPS) is 10.7. The van der Waals surface area contributed by atoms with Gasteiger partial charge in [-0.05, 0) is 36.4 Å². The number of oxazole rings is 1. The Morgan fingerprint density at radius 3 is 2.67 bits per heavy atom. The van der Waals surface area contributed by atoms with E-state index < -0.39 is 0 Å². The summed E-state index contributed by atoms with van der Waals surface area (Å²) in [5.74, 6) is 0.533. The van der Waals surface area contributed by atoms with Crippen molar-refractivity contribution in [2.24, 2.45) is 0 Å². The lowest BCUT2D eigenvalue weighted by Gasteiger charge is -2.03. The third-order valence-electron chi connectivity index (χ3n) is 3.07. The SMILES string of the molecule is O=C(NCCc1nc2ccccc2o1)c1ccc(Br)cc1. The second kappa shape index (κ2) is 6.10. The van der Waals surface area contributed by atoms with Gasteiger partial charge in [-0.25, -0.2) is 4.98 Å². The molecule has 0 aliphatic rings. The Bertz CT molecular complexity index is 732. The maximum Gasteiger partial charge on any atom is 0.251 e. The van der Waals surface area contributed by atoms with Gasteiger partial charge in [0.2, 0.25) is 0 Å². The van der Waals surface area contributed by atoms with E-state index in [0.29, 0.717) is 24.4 Å². The number of nitrogens with zero attached hydrogens (tertiary/aromatic N) is 1. The van der Waals surface area contributed by atoms with Gasteiger partial charge in [-0.3, -0.25) is 4.79 Å². The fourth-order valence-corrected chi connectivity index (χ4v) is 2.28. The second-order valence-electron chi connectivity index (χ2n) is 4.59. The summed E-state index contributed by atoms with van der Waals surface area (Å²) in [7, 11) is 0. The predicted molar refractivity (Wildman–Crippen MR) is 84.2 cm³/mol. The van der Waals surface area contributed by atoms with Crippen molar-refractivity contribution in [2.75, 3.05) is 6.54 Å². The zero-order valence-electron chi connectivity index (χ0n) is 11.2. The van der Waals surface area contributed by atoms with Crippen LogP contribution in [0.2, 0.25) is 0 Å². The van der Waals surface area contributed by atoms with Crippen LogP contribution in [0.5, 0.6) is 0 Å². The van der Waals surface area contributed by atoms with Gasteiger partial charge in [0.25, 0.3) is 5.91 Å². The number of hydrogen-bond donors (Lipinski definition) is 1. The Hall–Kier alpha value is -2.14. The average Bonchev–Trinajstić information content (AvgIpc) is 2.90. The Balaban J connectivity index is 1.58. The molecule has 0 fully saturated rings. The van der Waals surface area contributed by atoms with Gasteiger partial charge in [-0.1, -0.05) is 28.1 Å². The third-order valence-corrected chi connectivity index (χ3v) is 3.60. The van der Waals surface area contributed by atoms with Gasteiger partial charge in [-0.2, -0.15) is 0 Å². The first-order valence-corrected chi connectivity index (χ1v) is 7.40. The number of benzene rings is 2. The molecule has 0 saturated heterocycles. The molecule has 1 N–H and O–H groups in total. The van der Waals surface area contributed by atoms with Crippen LogP contribution in [0.1, 0.15) is 16.2 Å². The third kappa shape index (κ3) is 3.31. The van der Waals surface area contributed by atoms with Crippen LogP contribution in [-0.4, -0.2) is 17.4 Å². The predicted octanol–water partition coefficient (Wildman–Crippen LogP) is 3.56. The lowest BCUT2D eigenvalue weighted by Crippen LogP contribution is -2.25. The standard InChI is InChI=1S/C16H13BrN2O2/c17-12-7-5-11(6-8-12)16(20)18-10-9-15-19-13-3-1-2-4-14(13)21-15/h1-8H,9-10H2,(H,18,20). The van der Waals surface area contributed by atoms with Gasteiger partial charge < -0.3 is 9.73 Å². The highest BCUT2D eigenvalue weighted by Gasteiger charge is 2.07. The van der Waals surface area contributed by atoms with Gasteiger partial charge in [-0.15, -0.1) is 0 Å². The summed E-state index contributed by atoms with van der Waals surface area (Å²) in [5, 5.41) is 2.86. The molecule has 0 aliphatic carbocycles. The maximum absolute atomic E-state index is 11.9. The van der Waals surface area contributed by atoms with Crippen molar-refractivity contribution < 1.29 is 9.21 Å². The van der Waals surface area contributed by atoms with Crippen molar-refractivity contribution in [3.63, 3.8) is 0 Å². The largest absolute Gasteiger partial charge is 0.441 e. The zero-order chi connectivity index (χ0) is 14.7. The summed E-state index contributed by atoms with van der Waals surface area (Å²) in [6.45, 7) is 0.488. The number of amides is 1. The first-order valence-electron chi connectivity index (χ1n) is 6.60. The molecule has 1 aromatic heterocycles. The lowest BCUT2D eigenvalue weighted by molar-refractivity contribution is 0.0953. The van der Waals surface area contributed by atoms with E-state index in [9.17, 15) is 4.79 Å². The van der Waals surface area contributed by atoms with Crippen LogP contribution in [0.15, 0.2) is 57.4 Å². The molecule has 0 aliphatic heterocycles. The highest BCUT2D eigenvalue weighted by Crippen LogP contribution is 2.14. The van der Waals surface area contributed by atoms with Crippen molar-refractivity contribution in [3.8, 4) is 0 Å². The Morgan fingerprint density at radius 1 is 1.14 bits per heavy atom. The first kappa shape index (κ1) is 13.8. The van der Waals surface area contributed by atoms with Crippen LogP contribution in [0.25, 0.3) is 11.1 Å². The van der Waals surface area contributed by atoms with E-state index in [1.807, 2.05) is 36.4 Å². The number of halogens is 1. The van der Waals surface area contributed by atoms with Crippen molar-refractivity contribution >= 4 is 32.9 Å². The highest BCUT2D eigenvalue weighted by atomic mass is 79.9. The number of carbonyl (C=O) groups excluding carboxylic acids is 1. The molecule has 0 unspecified atom stereocenters. The summed E-state index contributed by atoms with van der Waals surface area (Å²) in [6, 6.07) is 14.9. The molecule has 3 aromatic rings. The Labute approximate surface area is 130 Å². The number of fused-ring (bicyclic) bond motifs is 1. The van der Waals surface area contributed by atoms with Crippen LogP contribution >= 0.6 is 15.9 Å². The lowest BCUT2D eigenvalue weighted by atomic mass is 10.2. The fourth-order valence-electron chi connectivity index (χ4n) is 2.01. The molecule has 0 bridgehead atoms. The summed E-state index contributed by atoms with van der Waals surface area (Å²) in [6.07, 6.45) is 0.566. The minimum absolute atomic E-state index is 0.0985. The van der Waals surface area contributed by atoms with Crippen molar-refractivity contribution in [1.29, 1.82) is 0 Å². The Morgan fingerprint density at radius 2 is 1.90 bits per heavy atom. The van der Waals surface area contributed by atoms with E-state index in [2.05, 4.69) is 26.2 Å². The summed E-state index contributed by atoms with van der Waals surface area (Å²) < 4.78 is 6.55. The molecule has 21 heavy (non-hydrogen) atoms. The summed E-state index contributed by atoms with van der Waals surface area (Å²) in [4.78, 5) is 16.3. The van der Waals surface area contributed by atoms with Crippen molar-refractivity contribution in [3.05, 3.63) is 64.5 Å². The Kier molecular flexibility index (Phi) is 4.01. The molecule has 0 saturated carbocycles. The van der Waals surface area contributed by atoms with Crippen LogP contribution in [0.4, 0.5) is 0 Å². The van der Waals surface area contributed by atoms with Crippen molar-refractivity contribution in [1.82, 2.24) is 10.3 Å². The smallest absolute Gasteiger partial charge is 0.251 e. The zero-order valence-corrected chi connectivity index (χ0v) is 12.8. The molecule has 3 rings (SSSR count). The average molecular weight is 345 g/mol. The van der Waals surface area contributed by atoms with Gasteiger partial charge in [0.15, 0.2) is 11.5 Å². The van der Waals surface area contributed by atoms with Gasteiger partial charge in [0.1, 0.15) is 5.52 Å². The minimum Gasteiger partial charge on any atom is -0.441 e. The van der Waals surface area contributed by atoms with Gasteiger partial charge in [0, 0.05) is 23.0 Å². The topological polar surface area (TPSA) is 55.1 Å². The van der Waals surface area contributed by atoms with E-state index in [0.717, 1.165) is 15.6 Å². The quantitative estimate of drug-likeness (QED) is 0.787. The number of carbonyl (C=O) groups is 1. The maximum atomic E-state index is 11.9. The van der Waals surface area contributed by atoms with Gasteiger partial charge >= 0.3 is 0 Å². The highest BCUT2D eigenvalue weighted by molar-refractivity contribution is 9.10. The molecule has 1 amide bonds. The number of rotatable bonds is 4. The van der Waals surface area contributed by atoms with E-state index >= 15 is 0 Å². The van der Waals surface area contributed by atoms with Crippen LogP contribution < -0.4 is 5.32 Å². The molecule has 0 atom stereocenters. The van der Waals surface area contributed by atoms with Crippen LogP contribution in [-0.2, 0) is 6.42 Å². The summed E-state index contributed by atoms with van der Waals surface area (Å²) >= 11 is 3.34. The molecule has 1 heterocycles. The van der Waals surface area contributed by atoms with Crippen LogP contribution in [0.3, 0.4) is 0 Å². The molecule has 0 radical (unpaired) electrons. The van der Waals surface area contributed by atoms with Gasteiger partial charge in [0.05, 0.1) is 0 Å². The molecule has 0 spiro atoms. The van der Waals surface area contributed by atoms with Crippen molar-refractivity contribution in [2.45, 2.75) is 6.42 Å². The summed E-state index contributed by atoms with van der Waals surface area (Å²) in [5.41, 5.74) is 2.24. The number of nitrogens with one attached hydrogen (secondary N) is 1. The minimum atomic E-state index is -0.0985. The van der Waals surface area contributed by atoms with E-state index in [1.54, 1.807) is 12.1 Å². The molecule has 4 nitrogen and oxygen atoms in total. The number of para-hydroxylation sites is 2. The first-order chi connectivity index (χ1) is 10.2. The number of hydrogen-bond acceptors (Lipinski definition) is 3. The van der Waals surface area contributed by atoms with E-state index in [1.165, 1.54) is 0 Å². The molecular formula is C16H13BrN2O2. The molecule has 106 valence electrons. The fraction of sp³-hybridized carbons (Fsp3) is 0.125. The number of aromatic nitrogens is 1. The second-order valence-corrected chi connectivity index (χ2v) is 5.50. The van der Waals surface area contributed by atoms with Crippen LogP contribution in [0, 0.1) is 0 Å². The van der Waals surface area contributed by atoms with E-state index in [4.69, 9.17) is 4.42 Å². The molecular weight excluding hydrogens is 332 g/mol. The molecule has 2 aromatic carbocycles.